The third-order valence-electron chi connectivity index (χ3n) is 6.61. The molecule has 2 fully saturated rings. The average Bonchev–Trinajstić information content (AvgIpc) is 2.75. The number of anilines is 2. The number of pyridine rings is 1. The van der Waals surface area contributed by atoms with Crippen LogP contribution in [0, 0.1) is 5.92 Å². The lowest BCUT2D eigenvalue weighted by atomic mass is 9.72. The average molecular weight is 382 g/mol. The van der Waals surface area contributed by atoms with Crippen LogP contribution in [-0.4, -0.2) is 38.7 Å². The molecule has 2 aliphatic rings. The number of rotatable bonds is 4. The van der Waals surface area contributed by atoms with Gasteiger partial charge in [-0.2, -0.15) is 0 Å². The fourth-order valence-corrected chi connectivity index (χ4v) is 4.92. The molecule has 2 aromatic heterocycles. The van der Waals surface area contributed by atoms with E-state index in [2.05, 4.69) is 26.8 Å². The van der Waals surface area contributed by atoms with Crippen LogP contribution in [0.4, 0.5) is 11.6 Å². The lowest BCUT2D eigenvalue weighted by Crippen LogP contribution is -2.49. The van der Waals surface area contributed by atoms with Gasteiger partial charge in [-0.15, -0.1) is 0 Å². The summed E-state index contributed by atoms with van der Waals surface area (Å²) in [5.41, 5.74) is 8.32. The van der Waals surface area contributed by atoms with Crippen LogP contribution in [0.15, 0.2) is 24.7 Å². The zero-order chi connectivity index (χ0) is 19.6. The predicted octanol–water partition coefficient (Wildman–Crippen LogP) is 3.59. The molecule has 150 valence electrons. The second-order valence-corrected chi connectivity index (χ2v) is 8.27. The first-order chi connectivity index (χ1) is 13.6. The predicted molar refractivity (Wildman–Crippen MR) is 112 cm³/mol. The van der Waals surface area contributed by atoms with Crippen molar-refractivity contribution in [3.63, 3.8) is 0 Å². The zero-order valence-electron chi connectivity index (χ0n) is 16.8. The van der Waals surface area contributed by atoms with Crippen molar-refractivity contribution >= 4 is 11.6 Å². The van der Waals surface area contributed by atoms with E-state index in [0.29, 0.717) is 11.7 Å². The fourth-order valence-electron chi connectivity index (χ4n) is 4.92. The third kappa shape index (κ3) is 3.70. The van der Waals surface area contributed by atoms with Gasteiger partial charge in [0.1, 0.15) is 18.0 Å². The fraction of sp³-hybridized carbons (Fsp3) is 0.591. The topological polar surface area (TPSA) is 88.2 Å². The maximum absolute atomic E-state index is 11.3. The van der Waals surface area contributed by atoms with Crippen LogP contribution in [-0.2, 0) is 6.42 Å². The molecule has 6 nitrogen and oxygen atoms in total. The van der Waals surface area contributed by atoms with Crippen molar-refractivity contribution in [2.75, 3.05) is 23.7 Å². The molecule has 0 aromatic carbocycles. The molecule has 2 aromatic rings. The Kier molecular flexibility index (Phi) is 5.49. The van der Waals surface area contributed by atoms with E-state index < -0.39 is 5.60 Å². The minimum Gasteiger partial charge on any atom is -0.389 e. The van der Waals surface area contributed by atoms with Gasteiger partial charge in [-0.1, -0.05) is 26.2 Å². The van der Waals surface area contributed by atoms with Gasteiger partial charge >= 0.3 is 0 Å². The first kappa shape index (κ1) is 19.1. The van der Waals surface area contributed by atoms with Crippen LogP contribution in [0.3, 0.4) is 0 Å². The number of nitrogen functional groups attached to an aromatic ring is 1. The minimum absolute atomic E-state index is 0.459. The van der Waals surface area contributed by atoms with Gasteiger partial charge in [0.25, 0.3) is 0 Å². The Morgan fingerprint density at radius 1 is 1.11 bits per heavy atom. The molecular weight excluding hydrogens is 350 g/mol. The molecular formula is C22H31N5O. The van der Waals surface area contributed by atoms with Crippen LogP contribution in [0.2, 0.25) is 0 Å². The minimum atomic E-state index is -0.513. The highest BCUT2D eigenvalue weighted by molar-refractivity contribution is 5.78. The van der Waals surface area contributed by atoms with Crippen molar-refractivity contribution < 1.29 is 5.11 Å². The van der Waals surface area contributed by atoms with Gasteiger partial charge in [-0.05, 0) is 50.2 Å². The van der Waals surface area contributed by atoms with Gasteiger partial charge in [-0.3, -0.25) is 0 Å². The first-order valence-electron chi connectivity index (χ1n) is 10.6. The van der Waals surface area contributed by atoms with Gasteiger partial charge < -0.3 is 15.7 Å². The second kappa shape index (κ2) is 8.03. The van der Waals surface area contributed by atoms with Crippen LogP contribution in [0.1, 0.15) is 57.6 Å². The Hall–Kier alpha value is -2.21. The number of nitrogens with zero attached hydrogens (tertiary/aromatic N) is 4. The molecule has 0 radical (unpaired) electrons. The smallest absolute Gasteiger partial charge is 0.140 e. The largest absolute Gasteiger partial charge is 0.389 e. The van der Waals surface area contributed by atoms with Crippen LogP contribution in [0.5, 0.6) is 0 Å². The van der Waals surface area contributed by atoms with E-state index in [1.54, 1.807) is 12.5 Å². The molecule has 28 heavy (non-hydrogen) atoms. The maximum Gasteiger partial charge on any atom is 0.140 e. The summed E-state index contributed by atoms with van der Waals surface area (Å²) in [7, 11) is 0. The first-order valence-corrected chi connectivity index (χ1v) is 10.6. The summed E-state index contributed by atoms with van der Waals surface area (Å²) >= 11 is 0. The molecule has 0 spiro atoms. The molecule has 0 unspecified atom stereocenters. The summed E-state index contributed by atoms with van der Waals surface area (Å²) in [5.74, 6) is 1.92. The quantitative estimate of drug-likeness (QED) is 0.841. The zero-order valence-corrected chi connectivity index (χ0v) is 16.8. The molecule has 6 heteroatoms. The van der Waals surface area contributed by atoms with Crippen molar-refractivity contribution in [3.8, 4) is 11.1 Å². The molecule has 0 amide bonds. The highest BCUT2D eigenvalue weighted by Gasteiger charge is 2.40. The van der Waals surface area contributed by atoms with E-state index in [4.69, 9.17) is 5.73 Å². The van der Waals surface area contributed by atoms with Crippen molar-refractivity contribution in [1.82, 2.24) is 15.0 Å². The van der Waals surface area contributed by atoms with Crippen LogP contribution >= 0.6 is 0 Å². The van der Waals surface area contributed by atoms with Crippen LogP contribution < -0.4 is 10.6 Å². The molecule has 1 aliphatic carbocycles. The third-order valence-corrected chi connectivity index (χ3v) is 6.61. The van der Waals surface area contributed by atoms with Gasteiger partial charge in [0, 0.05) is 30.4 Å². The van der Waals surface area contributed by atoms with E-state index in [9.17, 15) is 5.11 Å². The molecule has 4 rings (SSSR count). The molecule has 0 bridgehead atoms. The Morgan fingerprint density at radius 2 is 1.86 bits per heavy atom. The second-order valence-electron chi connectivity index (χ2n) is 8.27. The molecule has 1 saturated carbocycles. The summed E-state index contributed by atoms with van der Waals surface area (Å²) in [6.07, 6.45) is 12.1. The van der Waals surface area contributed by atoms with E-state index in [-0.39, 0.29) is 0 Å². The van der Waals surface area contributed by atoms with Gasteiger partial charge in [0.15, 0.2) is 0 Å². The highest BCUT2D eigenvalue weighted by atomic mass is 16.3. The summed E-state index contributed by atoms with van der Waals surface area (Å²) in [6.45, 7) is 3.75. The van der Waals surface area contributed by atoms with Gasteiger partial charge in [-0.25, -0.2) is 15.0 Å². The number of hydrogen-bond acceptors (Lipinski definition) is 6. The number of aliphatic hydroxyl groups is 1. The van der Waals surface area contributed by atoms with Crippen molar-refractivity contribution in [2.45, 2.75) is 63.9 Å². The lowest BCUT2D eigenvalue weighted by molar-refractivity contribution is -0.0517. The molecule has 0 atom stereocenters. The van der Waals surface area contributed by atoms with Crippen molar-refractivity contribution in [2.24, 2.45) is 5.92 Å². The summed E-state index contributed by atoms with van der Waals surface area (Å²) < 4.78 is 0. The van der Waals surface area contributed by atoms with E-state index in [1.807, 2.05) is 12.1 Å². The van der Waals surface area contributed by atoms with Crippen molar-refractivity contribution in [1.29, 1.82) is 0 Å². The number of hydrogen-bond donors (Lipinski definition) is 2. The Balaban J connectivity index is 1.59. The Morgan fingerprint density at radius 3 is 2.50 bits per heavy atom. The number of piperidine rings is 1. The Labute approximate surface area is 167 Å². The number of aryl methyl sites for hydroxylation is 1. The van der Waals surface area contributed by atoms with Crippen LogP contribution in [0.25, 0.3) is 11.1 Å². The standard InChI is InChI=1S/C22H31N5O/c1-2-18-20(16-8-9-19(23)24-14-16)21(26-15-25-18)27-12-10-22(28,11-13-27)17-6-4-3-5-7-17/h8-9,14-15,17,28H,2-7,10-13H2,1H3,(H2,23,24). The van der Waals surface area contributed by atoms with Gasteiger partial charge in [0.05, 0.1) is 11.3 Å². The highest BCUT2D eigenvalue weighted by Crippen LogP contribution is 2.41. The molecule has 3 N–H and O–H groups in total. The molecule has 3 heterocycles. The SMILES string of the molecule is CCc1ncnc(N2CCC(O)(C3CCCCC3)CC2)c1-c1ccc(N)nc1. The van der Waals surface area contributed by atoms with Crippen molar-refractivity contribution in [3.05, 3.63) is 30.4 Å². The van der Waals surface area contributed by atoms with E-state index >= 15 is 0 Å². The Bertz CT molecular complexity index is 793. The van der Waals surface area contributed by atoms with E-state index in [0.717, 1.165) is 55.0 Å². The summed E-state index contributed by atoms with van der Waals surface area (Å²) in [6, 6.07) is 3.82. The molecule has 1 saturated heterocycles. The lowest BCUT2D eigenvalue weighted by Gasteiger charge is -2.45. The normalized spacial score (nSPS) is 20.3. The monoisotopic (exact) mass is 381 g/mol. The maximum atomic E-state index is 11.3. The number of aromatic nitrogens is 3. The molecule has 1 aliphatic heterocycles. The van der Waals surface area contributed by atoms with E-state index in [1.165, 1.54) is 32.1 Å². The number of nitrogens with two attached hydrogens (primary N) is 1. The summed E-state index contributed by atoms with van der Waals surface area (Å²) in [4.78, 5) is 15.7. The van der Waals surface area contributed by atoms with Gasteiger partial charge in [0.2, 0.25) is 0 Å². The summed E-state index contributed by atoms with van der Waals surface area (Å²) in [5, 5.41) is 11.3.